The van der Waals surface area contributed by atoms with Crippen LogP contribution in [0.1, 0.15) is 52.4 Å². The summed E-state index contributed by atoms with van der Waals surface area (Å²) in [4.78, 5) is 2.63. The second kappa shape index (κ2) is 3.96. The van der Waals surface area contributed by atoms with E-state index in [1.54, 1.807) is 0 Å². The van der Waals surface area contributed by atoms with Gasteiger partial charge in [-0.2, -0.15) is 0 Å². The van der Waals surface area contributed by atoms with Gasteiger partial charge < -0.3 is 10.0 Å². The first-order chi connectivity index (χ1) is 8.06. The van der Waals surface area contributed by atoms with Crippen LogP contribution in [0.3, 0.4) is 0 Å². The lowest BCUT2D eigenvalue weighted by Crippen LogP contribution is -2.49. The summed E-state index contributed by atoms with van der Waals surface area (Å²) in [6.45, 7) is 8.48. The highest BCUT2D eigenvalue weighted by molar-refractivity contribution is 5.13. The zero-order valence-corrected chi connectivity index (χ0v) is 11.4. The van der Waals surface area contributed by atoms with Crippen molar-refractivity contribution in [2.75, 3.05) is 19.6 Å². The van der Waals surface area contributed by atoms with Gasteiger partial charge in [0.15, 0.2) is 0 Å². The Kier molecular flexibility index (Phi) is 2.79. The average Bonchev–Trinajstić information content (AvgIpc) is 2.64. The van der Waals surface area contributed by atoms with Gasteiger partial charge in [-0.05, 0) is 56.5 Å². The summed E-state index contributed by atoms with van der Waals surface area (Å²) < 4.78 is 0. The standard InChI is InChI=1S/C15H27NO/c1-14(2)12-6-7-15(14,13(17)10-12)11-16-8-4-3-5-9-16/h12-13,17H,3-11H2,1-2H3/t12-,13-,15-/m0/s1. The normalized spacial score (nSPS) is 45.4. The molecule has 0 spiro atoms. The molecule has 2 saturated carbocycles. The van der Waals surface area contributed by atoms with Gasteiger partial charge in [0, 0.05) is 12.0 Å². The number of nitrogens with zero attached hydrogens (tertiary/aromatic N) is 1. The molecule has 3 aliphatic rings. The fourth-order valence-electron chi connectivity index (χ4n) is 4.93. The molecule has 1 saturated heterocycles. The number of fused-ring (bicyclic) bond motifs is 2. The Labute approximate surface area is 105 Å². The molecule has 3 fully saturated rings. The molecule has 1 N–H and O–H groups in total. The van der Waals surface area contributed by atoms with E-state index in [1.807, 2.05) is 0 Å². The summed E-state index contributed by atoms with van der Waals surface area (Å²) >= 11 is 0. The van der Waals surface area contributed by atoms with Crippen LogP contribution in [0.25, 0.3) is 0 Å². The fraction of sp³-hybridized carbons (Fsp3) is 1.00. The third kappa shape index (κ3) is 1.60. The third-order valence-electron chi connectivity index (χ3n) is 6.34. The van der Waals surface area contributed by atoms with Crippen molar-refractivity contribution >= 4 is 0 Å². The van der Waals surface area contributed by atoms with Gasteiger partial charge in [-0.1, -0.05) is 20.3 Å². The monoisotopic (exact) mass is 237 g/mol. The van der Waals surface area contributed by atoms with E-state index in [2.05, 4.69) is 18.7 Å². The smallest absolute Gasteiger partial charge is 0.0616 e. The molecule has 2 heteroatoms. The predicted octanol–water partition coefficient (Wildman–Crippen LogP) is 2.66. The van der Waals surface area contributed by atoms with Crippen LogP contribution in [-0.2, 0) is 0 Å². The summed E-state index contributed by atoms with van der Waals surface area (Å²) in [6.07, 6.45) is 7.73. The number of rotatable bonds is 2. The van der Waals surface area contributed by atoms with Crippen molar-refractivity contribution in [3.05, 3.63) is 0 Å². The van der Waals surface area contributed by atoms with Crippen LogP contribution in [0.4, 0.5) is 0 Å². The van der Waals surface area contributed by atoms with Crippen LogP contribution >= 0.6 is 0 Å². The molecular formula is C15H27NO. The van der Waals surface area contributed by atoms with E-state index < -0.39 is 0 Å². The van der Waals surface area contributed by atoms with Gasteiger partial charge in [0.2, 0.25) is 0 Å². The minimum atomic E-state index is -0.0434. The van der Waals surface area contributed by atoms with E-state index in [0.29, 0.717) is 5.41 Å². The highest BCUT2D eigenvalue weighted by Crippen LogP contribution is 2.65. The van der Waals surface area contributed by atoms with E-state index >= 15 is 0 Å². The molecule has 0 amide bonds. The van der Waals surface area contributed by atoms with Crippen molar-refractivity contribution in [3.8, 4) is 0 Å². The van der Waals surface area contributed by atoms with Crippen molar-refractivity contribution in [1.82, 2.24) is 4.90 Å². The van der Waals surface area contributed by atoms with Gasteiger partial charge in [-0.3, -0.25) is 0 Å². The average molecular weight is 237 g/mol. The molecule has 3 rings (SSSR count). The van der Waals surface area contributed by atoms with Crippen molar-refractivity contribution in [2.24, 2.45) is 16.7 Å². The van der Waals surface area contributed by atoms with Crippen molar-refractivity contribution in [2.45, 2.75) is 58.5 Å². The second-order valence-corrected chi connectivity index (χ2v) is 7.20. The number of aliphatic hydroxyl groups excluding tert-OH is 1. The molecule has 0 aromatic carbocycles. The summed E-state index contributed by atoms with van der Waals surface area (Å²) in [5.41, 5.74) is 0.554. The fourth-order valence-corrected chi connectivity index (χ4v) is 4.93. The third-order valence-corrected chi connectivity index (χ3v) is 6.34. The highest BCUT2D eigenvalue weighted by Gasteiger charge is 2.63. The maximum atomic E-state index is 10.5. The molecule has 0 unspecified atom stereocenters. The summed E-state index contributed by atoms with van der Waals surface area (Å²) in [5, 5.41) is 10.5. The van der Waals surface area contributed by atoms with Crippen LogP contribution in [0, 0.1) is 16.7 Å². The Bertz CT molecular complexity index is 295. The van der Waals surface area contributed by atoms with Gasteiger partial charge >= 0.3 is 0 Å². The van der Waals surface area contributed by atoms with Crippen LogP contribution in [0.15, 0.2) is 0 Å². The molecule has 17 heavy (non-hydrogen) atoms. The minimum absolute atomic E-state index is 0.0434. The molecule has 0 aromatic heterocycles. The van der Waals surface area contributed by atoms with E-state index in [4.69, 9.17) is 0 Å². The topological polar surface area (TPSA) is 23.5 Å². The Morgan fingerprint density at radius 3 is 2.41 bits per heavy atom. The van der Waals surface area contributed by atoms with E-state index in [0.717, 1.165) is 18.9 Å². The van der Waals surface area contributed by atoms with E-state index in [1.165, 1.54) is 45.2 Å². The molecule has 0 radical (unpaired) electrons. The van der Waals surface area contributed by atoms with Crippen LogP contribution in [-0.4, -0.2) is 35.7 Å². The lowest BCUT2D eigenvalue weighted by atomic mass is 9.68. The van der Waals surface area contributed by atoms with Crippen molar-refractivity contribution in [3.63, 3.8) is 0 Å². The van der Waals surface area contributed by atoms with Crippen LogP contribution in [0.2, 0.25) is 0 Å². The van der Waals surface area contributed by atoms with Gasteiger partial charge in [0.25, 0.3) is 0 Å². The Balaban J connectivity index is 1.79. The van der Waals surface area contributed by atoms with Crippen LogP contribution < -0.4 is 0 Å². The molecule has 3 atom stereocenters. The highest BCUT2D eigenvalue weighted by atomic mass is 16.3. The van der Waals surface area contributed by atoms with Gasteiger partial charge in [-0.25, -0.2) is 0 Å². The number of likely N-dealkylation sites (tertiary alicyclic amines) is 1. The molecular weight excluding hydrogens is 210 g/mol. The van der Waals surface area contributed by atoms with E-state index in [-0.39, 0.29) is 11.5 Å². The first-order valence-corrected chi connectivity index (χ1v) is 7.47. The quantitative estimate of drug-likeness (QED) is 0.798. The number of hydrogen-bond donors (Lipinski definition) is 1. The minimum Gasteiger partial charge on any atom is -0.392 e. The second-order valence-electron chi connectivity index (χ2n) is 7.20. The molecule has 1 heterocycles. The van der Waals surface area contributed by atoms with Crippen molar-refractivity contribution < 1.29 is 5.11 Å². The zero-order valence-electron chi connectivity index (χ0n) is 11.4. The van der Waals surface area contributed by atoms with Crippen LogP contribution in [0.5, 0.6) is 0 Å². The lowest BCUT2D eigenvalue weighted by molar-refractivity contribution is -0.0333. The van der Waals surface area contributed by atoms with Gasteiger partial charge in [0.1, 0.15) is 0 Å². The largest absolute Gasteiger partial charge is 0.392 e. The summed E-state index contributed by atoms with van der Waals surface area (Å²) in [6, 6.07) is 0. The maximum absolute atomic E-state index is 10.5. The first-order valence-electron chi connectivity index (χ1n) is 7.47. The van der Waals surface area contributed by atoms with E-state index in [9.17, 15) is 5.11 Å². The summed E-state index contributed by atoms with van der Waals surface area (Å²) in [7, 11) is 0. The van der Waals surface area contributed by atoms with Gasteiger partial charge in [0.05, 0.1) is 6.10 Å². The SMILES string of the molecule is CC1(C)[C@H]2CC[C@]1(CN1CCCCC1)[C@@H](O)C2. The number of hydrogen-bond acceptors (Lipinski definition) is 2. The molecule has 2 bridgehead atoms. The lowest BCUT2D eigenvalue weighted by Gasteiger charge is -2.45. The number of aliphatic hydroxyl groups is 1. The summed E-state index contributed by atoms with van der Waals surface area (Å²) in [5.74, 6) is 0.766. The molecule has 1 aliphatic heterocycles. The maximum Gasteiger partial charge on any atom is 0.0616 e. The molecule has 2 nitrogen and oxygen atoms in total. The Hall–Kier alpha value is -0.0800. The molecule has 0 aromatic rings. The van der Waals surface area contributed by atoms with Crippen molar-refractivity contribution in [1.29, 1.82) is 0 Å². The zero-order chi connectivity index (χ0) is 12.1. The molecule has 2 aliphatic carbocycles. The predicted molar refractivity (Wildman–Crippen MR) is 69.9 cm³/mol. The van der Waals surface area contributed by atoms with Gasteiger partial charge in [-0.15, -0.1) is 0 Å². The Morgan fingerprint density at radius 2 is 1.88 bits per heavy atom. The molecule has 98 valence electrons. The first kappa shape index (κ1) is 12.0. The number of piperidine rings is 1. The Morgan fingerprint density at radius 1 is 1.18 bits per heavy atom.